The standard InChI is InChI=1S/C14H26N2O3/c1-4-11-16(12(2)3)14(19)15-10-8-6-5-7-9-13(17)18/h4,12H,1,5-11H2,2-3H3,(H,15,19)(H,17,18). The molecule has 0 aliphatic rings. The van der Waals surface area contributed by atoms with E-state index < -0.39 is 5.97 Å². The molecule has 0 bridgehead atoms. The van der Waals surface area contributed by atoms with Gasteiger partial charge in [-0.3, -0.25) is 4.79 Å². The first kappa shape index (κ1) is 17.5. The Morgan fingerprint density at radius 1 is 1.26 bits per heavy atom. The summed E-state index contributed by atoms with van der Waals surface area (Å²) >= 11 is 0. The van der Waals surface area contributed by atoms with Crippen molar-refractivity contribution in [3.05, 3.63) is 12.7 Å². The number of nitrogens with one attached hydrogen (secondary N) is 1. The minimum Gasteiger partial charge on any atom is -0.481 e. The van der Waals surface area contributed by atoms with Crippen molar-refractivity contribution < 1.29 is 14.7 Å². The van der Waals surface area contributed by atoms with Crippen LogP contribution in [-0.2, 0) is 4.79 Å². The van der Waals surface area contributed by atoms with Gasteiger partial charge in [0.1, 0.15) is 0 Å². The van der Waals surface area contributed by atoms with Crippen molar-refractivity contribution in [3.63, 3.8) is 0 Å². The molecule has 5 nitrogen and oxygen atoms in total. The summed E-state index contributed by atoms with van der Waals surface area (Å²) in [5, 5.41) is 11.4. The molecular formula is C14H26N2O3. The van der Waals surface area contributed by atoms with Crippen LogP contribution in [0.25, 0.3) is 0 Å². The second kappa shape index (κ2) is 10.4. The average Bonchev–Trinajstić information content (AvgIpc) is 2.33. The van der Waals surface area contributed by atoms with Gasteiger partial charge in [-0.2, -0.15) is 0 Å². The fourth-order valence-corrected chi connectivity index (χ4v) is 1.72. The van der Waals surface area contributed by atoms with Crippen molar-refractivity contribution in [2.24, 2.45) is 0 Å². The first-order chi connectivity index (χ1) is 8.99. The van der Waals surface area contributed by atoms with E-state index in [0.29, 0.717) is 19.5 Å². The number of hydrogen-bond donors (Lipinski definition) is 2. The number of nitrogens with zero attached hydrogens (tertiary/aromatic N) is 1. The number of hydrogen-bond acceptors (Lipinski definition) is 2. The van der Waals surface area contributed by atoms with Crippen LogP contribution < -0.4 is 5.32 Å². The number of carboxylic acid groups (broad SMARTS) is 1. The molecular weight excluding hydrogens is 244 g/mol. The zero-order valence-corrected chi connectivity index (χ0v) is 12.0. The van der Waals surface area contributed by atoms with Crippen LogP contribution in [-0.4, -0.2) is 41.1 Å². The van der Waals surface area contributed by atoms with E-state index in [4.69, 9.17) is 5.11 Å². The van der Waals surface area contributed by atoms with Crippen molar-refractivity contribution >= 4 is 12.0 Å². The van der Waals surface area contributed by atoms with Crippen molar-refractivity contribution in [2.75, 3.05) is 13.1 Å². The molecule has 5 heteroatoms. The Morgan fingerprint density at radius 2 is 1.89 bits per heavy atom. The molecule has 0 rings (SSSR count). The third-order valence-corrected chi connectivity index (χ3v) is 2.80. The summed E-state index contributed by atoms with van der Waals surface area (Å²) in [6, 6.07) is 0.0778. The molecule has 19 heavy (non-hydrogen) atoms. The Morgan fingerprint density at radius 3 is 2.42 bits per heavy atom. The quantitative estimate of drug-likeness (QED) is 0.473. The smallest absolute Gasteiger partial charge is 0.317 e. The van der Waals surface area contributed by atoms with Crippen LogP contribution in [0.2, 0.25) is 0 Å². The number of carbonyl (C=O) groups is 2. The Hall–Kier alpha value is -1.52. The highest BCUT2D eigenvalue weighted by atomic mass is 16.4. The number of rotatable bonds is 10. The van der Waals surface area contributed by atoms with Gasteiger partial charge in [-0.1, -0.05) is 18.9 Å². The van der Waals surface area contributed by atoms with E-state index in [0.717, 1.165) is 19.3 Å². The minimum atomic E-state index is -0.745. The van der Waals surface area contributed by atoms with Gasteiger partial charge in [0.15, 0.2) is 0 Å². The number of unbranched alkanes of at least 4 members (excludes halogenated alkanes) is 3. The second-order valence-corrected chi connectivity index (χ2v) is 4.82. The lowest BCUT2D eigenvalue weighted by atomic mass is 10.1. The number of urea groups is 1. The molecule has 110 valence electrons. The molecule has 0 atom stereocenters. The largest absolute Gasteiger partial charge is 0.481 e. The van der Waals surface area contributed by atoms with Crippen LogP contribution in [0.15, 0.2) is 12.7 Å². The highest BCUT2D eigenvalue weighted by Crippen LogP contribution is 2.03. The Balaban J connectivity index is 3.66. The topological polar surface area (TPSA) is 69.6 Å². The molecule has 0 fully saturated rings. The van der Waals surface area contributed by atoms with Gasteiger partial charge in [0, 0.05) is 25.6 Å². The van der Waals surface area contributed by atoms with E-state index in [-0.39, 0.29) is 18.5 Å². The molecule has 0 spiro atoms. The van der Waals surface area contributed by atoms with Crippen LogP contribution in [0.4, 0.5) is 4.79 Å². The zero-order chi connectivity index (χ0) is 14.7. The summed E-state index contributed by atoms with van der Waals surface area (Å²) in [6.45, 7) is 8.75. The van der Waals surface area contributed by atoms with Crippen molar-refractivity contribution in [1.29, 1.82) is 0 Å². The predicted octanol–water partition coefficient (Wildman–Crippen LogP) is 2.63. The second-order valence-electron chi connectivity index (χ2n) is 4.82. The van der Waals surface area contributed by atoms with Gasteiger partial charge in [0.2, 0.25) is 0 Å². The summed E-state index contributed by atoms with van der Waals surface area (Å²) in [6.07, 6.45) is 5.36. The lowest BCUT2D eigenvalue weighted by Crippen LogP contribution is -2.44. The fourth-order valence-electron chi connectivity index (χ4n) is 1.72. The van der Waals surface area contributed by atoms with Crippen molar-refractivity contribution in [2.45, 2.75) is 52.0 Å². The van der Waals surface area contributed by atoms with E-state index in [1.807, 2.05) is 13.8 Å². The number of amides is 2. The molecule has 2 N–H and O–H groups in total. The summed E-state index contributed by atoms with van der Waals surface area (Å²) in [7, 11) is 0. The summed E-state index contributed by atoms with van der Waals surface area (Å²) in [4.78, 5) is 23.9. The van der Waals surface area contributed by atoms with E-state index in [1.165, 1.54) is 0 Å². The highest BCUT2D eigenvalue weighted by Gasteiger charge is 2.14. The van der Waals surface area contributed by atoms with E-state index in [1.54, 1.807) is 11.0 Å². The molecule has 0 aromatic rings. The lowest BCUT2D eigenvalue weighted by molar-refractivity contribution is -0.137. The Kier molecular flexibility index (Phi) is 9.57. The normalized spacial score (nSPS) is 10.3. The van der Waals surface area contributed by atoms with Crippen LogP contribution in [0.5, 0.6) is 0 Å². The maximum absolute atomic E-state index is 11.8. The van der Waals surface area contributed by atoms with Crippen LogP contribution in [0, 0.1) is 0 Å². The van der Waals surface area contributed by atoms with Gasteiger partial charge < -0.3 is 15.3 Å². The van der Waals surface area contributed by atoms with E-state index in [9.17, 15) is 9.59 Å². The number of carbonyl (C=O) groups excluding carboxylic acids is 1. The number of carboxylic acids is 1. The SMILES string of the molecule is C=CCN(C(=O)NCCCCCCC(=O)O)C(C)C. The molecule has 2 amide bonds. The maximum atomic E-state index is 11.8. The van der Waals surface area contributed by atoms with Gasteiger partial charge in [-0.25, -0.2) is 4.79 Å². The van der Waals surface area contributed by atoms with Crippen LogP contribution >= 0.6 is 0 Å². The van der Waals surface area contributed by atoms with Crippen LogP contribution in [0.1, 0.15) is 46.0 Å². The Bertz CT molecular complexity index is 290. The summed E-state index contributed by atoms with van der Waals surface area (Å²) in [5.41, 5.74) is 0. The first-order valence-corrected chi connectivity index (χ1v) is 6.86. The third-order valence-electron chi connectivity index (χ3n) is 2.80. The third kappa shape index (κ3) is 9.11. The molecule has 0 radical (unpaired) electrons. The summed E-state index contributed by atoms with van der Waals surface area (Å²) in [5.74, 6) is -0.745. The molecule has 0 aromatic heterocycles. The number of aliphatic carboxylic acids is 1. The van der Waals surface area contributed by atoms with Gasteiger partial charge in [0.05, 0.1) is 0 Å². The molecule has 0 unspecified atom stereocenters. The molecule has 0 aliphatic carbocycles. The Labute approximate surface area is 115 Å². The predicted molar refractivity (Wildman–Crippen MR) is 76.2 cm³/mol. The maximum Gasteiger partial charge on any atom is 0.317 e. The fraction of sp³-hybridized carbons (Fsp3) is 0.714. The minimum absolute atomic E-state index is 0.0690. The zero-order valence-electron chi connectivity index (χ0n) is 12.0. The molecule has 0 saturated carbocycles. The lowest BCUT2D eigenvalue weighted by Gasteiger charge is -2.25. The van der Waals surface area contributed by atoms with Crippen LogP contribution in [0.3, 0.4) is 0 Å². The van der Waals surface area contributed by atoms with Gasteiger partial charge in [0.25, 0.3) is 0 Å². The summed E-state index contributed by atoms with van der Waals surface area (Å²) < 4.78 is 0. The monoisotopic (exact) mass is 270 g/mol. The average molecular weight is 270 g/mol. The molecule has 0 aromatic carbocycles. The van der Waals surface area contributed by atoms with Gasteiger partial charge in [-0.05, 0) is 26.7 Å². The van der Waals surface area contributed by atoms with Gasteiger partial charge in [-0.15, -0.1) is 6.58 Å². The first-order valence-electron chi connectivity index (χ1n) is 6.86. The van der Waals surface area contributed by atoms with Crippen molar-refractivity contribution in [3.8, 4) is 0 Å². The van der Waals surface area contributed by atoms with E-state index >= 15 is 0 Å². The molecule has 0 saturated heterocycles. The van der Waals surface area contributed by atoms with E-state index in [2.05, 4.69) is 11.9 Å². The molecule has 0 aliphatic heterocycles. The van der Waals surface area contributed by atoms with Gasteiger partial charge >= 0.3 is 12.0 Å². The highest BCUT2D eigenvalue weighted by molar-refractivity contribution is 5.74. The van der Waals surface area contributed by atoms with Crippen molar-refractivity contribution in [1.82, 2.24) is 10.2 Å². The molecule has 0 heterocycles.